The highest BCUT2D eigenvalue weighted by Crippen LogP contribution is 2.27. The number of ether oxygens (including phenoxy) is 1. The summed E-state index contributed by atoms with van der Waals surface area (Å²) in [7, 11) is 0. The molecule has 2 rings (SSSR count). The molecule has 0 radical (unpaired) electrons. The summed E-state index contributed by atoms with van der Waals surface area (Å²) >= 11 is 7.94. The second-order valence-corrected chi connectivity index (χ2v) is 6.95. The summed E-state index contributed by atoms with van der Waals surface area (Å²) in [6.45, 7) is 0.819. The SMILES string of the molecule is CSC1CCCCC1NCC(O)COc1ccccc1Cl. The fourth-order valence-corrected chi connectivity index (χ4v) is 3.86. The van der Waals surface area contributed by atoms with E-state index < -0.39 is 6.10 Å². The van der Waals surface area contributed by atoms with Gasteiger partial charge in [0.25, 0.3) is 0 Å². The maximum atomic E-state index is 10.1. The van der Waals surface area contributed by atoms with Gasteiger partial charge in [0.2, 0.25) is 0 Å². The van der Waals surface area contributed by atoms with Crippen LogP contribution in [-0.4, -0.2) is 41.9 Å². The lowest BCUT2D eigenvalue weighted by Crippen LogP contribution is -2.44. The molecule has 5 heteroatoms. The van der Waals surface area contributed by atoms with E-state index in [1.807, 2.05) is 30.0 Å². The lowest BCUT2D eigenvalue weighted by Gasteiger charge is -2.31. The molecule has 1 aliphatic rings. The van der Waals surface area contributed by atoms with Crippen LogP contribution in [0.2, 0.25) is 5.02 Å². The zero-order valence-corrected chi connectivity index (χ0v) is 14.0. The largest absolute Gasteiger partial charge is 0.489 e. The predicted molar refractivity (Wildman–Crippen MR) is 90.5 cm³/mol. The molecule has 21 heavy (non-hydrogen) atoms. The summed E-state index contributed by atoms with van der Waals surface area (Å²) in [6.07, 6.45) is 6.71. The first-order chi connectivity index (χ1) is 10.2. The zero-order valence-electron chi connectivity index (χ0n) is 12.4. The van der Waals surface area contributed by atoms with Crippen molar-refractivity contribution < 1.29 is 9.84 Å². The Balaban J connectivity index is 1.72. The van der Waals surface area contributed by atoms with Gasteiger partial charge in [-0.15, -0.1) is 0 Å². The molecule has 3 unspecified atom stereocenters. The number of hydrogen-bond donors (Lipinski definition) is 2. The Morgan fingerprint density at radius 1 is 1.38 bits per heavy atom. The molecule has 118 valence electrons. The van der Waals surface area contributed by atoms with Crippen LogP contribution < -0.4 is 10.1 Å². The maximum Gasteiger partial charge on any atom is 0.138 e. The molecule has 0 aliphatic heterocycles. The number of benzene rings is 1. The average Bonchev–Trinajstić information content (AvgIpc) is 2.52. The molecular formula is C16H24ClNO2S. The van der Waals surface area contributed by atoms with E-state index in [0.717, 1.165) is 0 Å². The second kappa shape index (κ2) is 8.89. The Morgan fingerprint density at radius 3 is 2.90 bits per heavy atom. The number of halogens is 1. The van der Waals surface area contributed by atoms with Crippen molar-refractivity contribution in [2.24, 2.45) is 0 Å². The lowest BCUT2D eigenvalue weighted by molar-refractivity contribution is 0.102. The van der Waals surface area contributed by atoms with Crippen LogP contribution in [0.3, 0.4) is 0 Å². The van der Waals surface area contributed by atoms with Crippen molar-refractivity contribution in [2.75, 3.05) is 19.4 Å². The van der Waals surface area contributed by atoms with Crippen molar-refractivity contribution in [2.45, 2.75) is 43.1 Å². The van der Waals surface area contributed by atoms with Gasteiger partial charge < -0.3 is 15.2 Å². The van der Waals surface area contributed by atoms with Crippen LogP contribution >= 0.6 is 23.4 Å². The molecule has 1 aromatic carbocycles. The molecule has 1 fully saturated rings. The van der Waals surface area contributed by atoms with Crippen molar-refractivity contribution in [3.63, 3.8) is 0 Å². The van der Waals surface area contributed by atoms with Gasteiger partial charge in [0.05, 0.1) is 5.02 Å². The quantitative estimate of drug-likeness (QED) is 0.805. The van der Waals surface area contributed by atoms with E-state index in [0.29, 0.717) is 28.6 Å². The summed E-state index contributed by atoms with van der Waals surface area (Å²) in [4.78, 5) is 0. The van der Waals surface area contributed by atoms with Crippen molar-refractivity contribution in [1.82, 2.24) is 5.32 Å². The van der Waals surface area contributed by atoms with Gasteiger partial charge in [-0.3, -0.25) is 0 Å². The Bertz CT molecular complexity index is 432. The molecule has 1 saturated carbocycles. The molecule has 0 bridgehead atoms. The number of aliphatic hydroxyl groups excluding tert-OH is 1. The fourth-order valence-electron chi connectivity index (χ4n) is 2.71. The third-order valence-electron chi connectivity index (χ3n) is 3.89. The Morgan fingerprint density at radius 2 is 2.14 bits per heavy atom. The monoisotopic (exact) mass is 329 g/mol. The molecule has 3 nitrogen and oxygen atoms in total. The summed E-state index contributed by atoms with van der Waals surface area (Å²) in [5, 5.41) is 14.8. The van der Waals surface area contributed by atoms with Gasteiger partial charge in [-0.25, -0.2) is 0 Å². The molecular weight excluding hydrogens is 306 g/mol. The normalized spacial score (nSPS) is 23.8. The van der Waals surface area contributed by atoms with Crippen molar-refractivity contribution in [1.29, 1.82) is 0 Å². The van der Waals surface area contributed by atoms with E-state index in [-0.39, 0.29) is 6.61 Å². The summed E-state index contributed by atoms with van der Waals surface area (Å²) in [5.74, 6) is 0.623. The third kappa shape index (κ3) is 5.37. The minimum absolute atomic E-state index is 0.257. The van der Waals surface area contributed by atoms with Gasteiger partial charge in [-0.1, -0.05) is 36.6 Å². The van der Waals surface area contributed by atoms with E-state index in [9.17, 15) is 5.11 Å². The molecule has 1 aliphatic carbocycles. The second-order valence-electron chi connectivity index (χ2n) is 5.47. The molecule has 1 aromatic rings. The summed E-state index contributed by atoms with van der Waals surface area (Å²) in [6, 6.07) is 7.83. The first kappa shape index (κ1) is 16.9. The van der Waals surface area contributed by atoms with Crippen LogP contribution in [0.1, 0.15) is 25.7 Å². The summed E-state index contributed by atoms with van der Waals surface area (Å²) in [5.41, 5.74) is 0. The van der Waals surface area contributed by atoms with Crippen LogP contribution in [0.25, 0.3) is 0 Å². The molecule has 3 atom stereocenters. The zero-order chi connectivity index (χ0) is 15.1. The first-order valence-electron chi connectivity index (χ1n) is 7.52. The number of aliphatic hydroxyl groups is 1. The lowest BCUT2D eigenvalue weighted by atomic mass is 9.95. The number of para-hydroxylation sites is 1. The van der Waals surface area contributed by atoms with Crippen LogP contribution in [0.15, 0.2) is 24.3 Å². The van der Waals surface area contributed by atoms with Gasteiger partial charge in [0.1, 0.15) is 18.5 Å². The minimum atomic E-state index is -0.522. The number of hydrogen-bond acceptors (Lipinski definition) is 4. The summed E-state index contributed by atoms with van der Waals surface area (Å²) < 4.78 is 5.56. The standard InChI is InChI=1S/C16H24ClNO2S/c1-21-16-9-5-3-7-14(16)18-10-12(19)11-20-15-8-4-2-6-13(15)17/h2,4,6,8,12,14,16,18-19H,3,5,7,9-11H2,1H3. The molecule has 2 N–H and O–H groups in total. The number of thioether (sulfide) groups is 1. The van der Waals surface area contributed by atoms with E-state index in [1.54, 1.807) is 6.07 Å². The highest BCUT2D eigenvalue weighted by Gasteiger charge is 2.24. The minimum Gasteiger partial charge on any atom is -0.489 e. The van der Waals surface area contributed by atoms with Gasteiger partial charge in [-0.05, 0) is 31.2 Å². The van der Waals surface area contributed by atoms with E-state index in [4.69, 9.17) is 16.3 Å². The van der Waals surface area contributed by atoms with Crippen LogP contribution in [0.4, 0.5) is 0 Å². The topological polar surface area (TPSA) is 41.5 Å². The first-order valence-corrected chi connectivity index (χ1v) is 9.19. The Hall–Kier alpha value is -0.420. The maximum absolute atomic E-state index is 10.1. The number of nitrogens with one attached hydrogen (secondary N) is 1. The van der Waals surface area contributed by atoms with Gasteiger partial charge in [-0.2, -0.15) is 11.8 Å². The van der Waals surface area contributed by atoms with E-state index >= 15 is 0 Å². The van der Waals surface area contributed by atoms with E-state index in [1.165, 1.54) is 25.7 Å². The molecule has 0 spiro atoms. The van der Waals surface area contributed by atoms with Gasteiger partial charge in [0.15, 0.2) is 0 Å². The predicted octanol–water partition coefficient (Wildman–Crippen LogP) is 3.34. The van der Waals surface area contributed by atoms with Crippen molar-refractivity contribution in [3.8, 4) is 5.75 Å². The average molecular weight is 330 g/mol. The molecule has 0 amide bonds. The van der Waals surface area contributed by atoms with Crippen molar-refractivity contribution in [3.05, 3.63) is 29.3 Å². The smallest absolute Gasteiger partial charge is 0.138 e. The third-order valence-corrected chi connectivity index (χ3v) is 5.37. The van der Waals surface area contributed by atoms with Crippen LogP contribution in [0.5, 0.6) is 5.75 Å². The van der Waals surface area contributed by atoms with Crippen LogP contribution in [0, 0.1) is 0 Å². The highest BCUT2D eigenvalue weighted by atomic mass is 35.5. The molecule has 0 aromatic heterocycles. The van der Waals surface area contributed by atoms with Gasteiger partial charge in [0, 0.05) is 17.8 Å². The molecule has 0 saturated heterocycles. The van der Waals surface area contributed by atoms with Crippen LogP contribution in [-0.2, 0) is 0 Å². The highest BCUT2D eigenvalue weighted by molar-refractivity contribution is 7.99. The molecule has 0 heterocycles. The Kier molecular flexibility index (Phi) is 7.17. The van der Waals surface area contributed by atoms with Crippen molar-refractivity contribution >= 4 is 23.4 Å². The fraction of sp³-hybridized carbons (Fsp3) is 0.625. The Labute approximate surface area is 136 Å². The van der Waals surface area contributed by atoms with E-state index in [2.05, 4.69) is 11.6 Å². The van der Waals surface area contributed by atoms with Gasteiger partial charge >= 0.3 is 0 Å². The number of rotatable bonds is 7.